The molecule has 0 atom stereocenters. The van der Waals surface area contributed by atoms with Crippen LogP contribution in [0.15, 0.2) is 12.1 Å². The number of fused-ring (bicyclic) bond motifs is 1. The molecule has 0 fully saturated rings. The zero-order valence-electron chi connectivity index (χ0n) is 6.84. The van der Waals surface area contributed by atoms with Crippen LogP contribution in [-0.2, 0) is 0 Å². The normalized spacial score (nSPS) is 15.0. The molecule has 0 unspecified atom stereocenters. The maximum absolute atomic E-state index is 11.4. The summed E-state index contributed by atoms with van der Waals surface area (Å²) in [5, 5.41) is 0.406. The molecule has 1 aliphatic rings. The molecule has 3 nitrogen and oxygen atoms in total. The third-order valence-electron chi connectivity index (χ3n) is 1.94. The van der Waals surface area contributed by atoms with Crippen molar-refractivity contribution >= 4 is 23.1 Å². The molecule has 0 amide bonds. The number of benzene rings is 1. The van der Waals surface area contributed by atoms with E-state index in [1.165, 1.54) is 0 Å². The first kappa shape index (κ1) is 8.38. The molecule has 1 heterocycles. The Balaban J connectivity index is 2.63. The molecule has 0 bridgehead atoms. The van der Waals surface area contributed by atoms with Gasteiger partial charge in [-0.15, -0.1) is 0 Å². The van der Waals surface area contributed by atoms with Gasteiger partial charge in [0.05, 0.1) is 17.2 Å². The summed E-state index contributed by atoms with van der Waals surface area (Å²) in [7, 11) is 0. The number of hydrogen-bond donors (Lipinski definition) is 1. The second kappa shape index (κ2) is 2.92. The van der Waals surface area contributed by atoms with Gasteiger partial charge in [0.15, 0.2) is 5.78 Å². The van der Waals surface area contributed by atoms with Crippen LogP contribution in [0.4, 0.5) is 5.69 Å². The molecule has 0 aromatic heterocycles. The van der Waals surface area contributed by atoms with Crippen molar-refractivity contribution in [2.45, 2.75) is 6.42 Å². The van der Waals surface area contributed by atoms with E-state index < -0.39 is 0 Å². The van der Waals surface area contributed by atoms with E-state index in [1.807, 2.05) is 0 Å². The number of ketones is 1. The lowest BCUT2D eigenvalue weighted by Crippen LogP contribution is -2.15. The Labute approximate surface area is 80.4 Å². The molecule has 4 heteroatoms. The maximum Gasteiger partial charge on any atom is 0.170 e. The zero-order valence-corrected chi connectivity index (χ0v) is 7.60. The number of halogens is 1. The number of nitrogens with two attached hydrogens (primary N) is 1. The third-order valence-corrected chi connectivity index (χ3v) is 2.22. The van der Waals surface area contributed by atoms with Crippen LogP contribution in [0.3, 0.4) is 0 Å². The van der Waals surface area contributed by atoms with Crippen molar-refractivity contribution in [3.63, 3.8) is 0 Å². The van der Waals surface area contributed by atoms with Gasteiger partial charge in [0, 0.05) is 12.1 Å². The van der Waals surface area contributed by atoms with Crippen LogP contribution < -0.4 is 10.5 Å². The standard InChI is InChI=1S/C9H8ClNO2/c10-7-4-5(11)3-6-8(12)1-2-13-9(6)7/h3-4H,1-2,11H2. The average Bonchev–Trinajstić information content (AvgIpc) is 2.07. The lowest BCUT2D eigenvalue weighted by Gasteiger charge is -2.17. The lowest BCUT2D eigenvalue weighted by molar-refractivity contribution is 0.0933. The van der Waals surface area contributed by atoms with Crippen molar-refractivity contribution < 1.29 is 9.53 Å². The summed E-state index contributed by atoms with van der Waals surface area (Å²) in [5.74, 6) is 0.502. The Morgan fingerprint density at radius 1 is 1.46 bits per heavy atom. The molecule has 0 aliphatic carbocycles. The molecule has 0 spiro atoms. The molecule has 0 saturated carbocycles. The lowest BCUT2D eigenvalue weighted by atomic mass is 10.0. The maximum atomic E-state index is 11.4. The smallest absolute Gasteiger partial charge is 0.170 e. The number of rotatable bonds is 0. The van der Waals surface area contributed by atoms with Gasteiger partial charge in [0.1, 0.15) is 5.75 Å². The van der Waals surface area contributed by atoms with Crippen LogP contribution in [0.5, 0.6) is 5.75 Å². The van der Waals surface area contributed by atoms with E-state index in [2.05, 4.69) is 0 Å². The van der Waals surface area contributed by atoms with Gasteiger partial charge in [-0.2, -0.15) is 0 Å². The number of Topliss-reactive ketones (excluding diaryl/α,β-unsaturated/α-hetero) is 1. The number of carbonyl (C=O) groups excluding carboxylic acids is 1. The SMILES string of the molecule is Nc1cc(Cl)c2c(c1)C(=O)CCO2. The van der Waals surface area contributed by atoms with Crippen LogP contribution in [0.1, 0.15) is 16.8 Å². The van der Waals surface area contributed by atoms with Gasteiger partial charge in [-0.1, -0.05) is 11.6 Å². The summed E-state index contributed by atoms with van der Waals surface area (Å²) >= 11 is 5.86. The number of anilines is 1. The minimum atomic E-state index is 0.0375. The van der Waals surface area contributed by atoms with E-state index in [4.69, 9.17) is 22.1 Å². The van der Waals surface area contributed by atoms with Crippen molar-refractivity contribution in [2.75, 3.05) is 12.3 Å². The minimum Gasteiger partial charge on any atom is -0.491 e. The van der Waals surface area contributed by atoms with E-state index >= 15 is 0 Å². The van der Waals surface area contributed by atoms with Crippen molar-refractivity contribution in [1.82, 2.24) is 0 Å². The highest BCUT2D eigenvalue weighted by Crippen LogP contribution is 2.34. The number of nitrogen functional groups attached to an aromatic ring is 1. The van der Waals surface area contributed by atoms with Gasteiger partial charge >= 0.3 is 0 Å². The summed E-state index contributed by atoms with van der Waals surface area (Å²) in [4.78, 5) is 11.4. The van der Waals surface area contributed by atoms with Gasteiger partial charge in [0.25, 0.3) is 0 Å². The molecule has 2 N–H and O–H groups in total. The summed E-state index contributed by atoms with van der Waals surface area (Å²) in [5.41, 5.74) is 6.54. The predicted octanol–water partition coefficient (Wildman–Crippen LogP) is 1.89. The summed E-state index contributed by atoms with van der Waals surface area (Å²) in [6.45, 7) is 0.398. The quantitative estimate of drug-likeness (QED) is 0.647. The Morgan fingerprint density at radius 3 is 3.00 bits per heavy atom. The van der Waals surface area contributed by atoms with E-state index in [1.54, 1.807) is 12.1 Å². The van der Waals surface area contributed by atoms with E-state index in [9.17, 15) is 4.79 Å². The molecule has 2 rings (SSSR count). The van der Waals surface area contributed by atoms with E-state index in [0.717, 1.165) is 0 Å². The average molecular weight is 198 g/mol. The van der Waals surface area contributed by atoms with Crippen LogP contribution in [0.2, 0.25) is 5.02 Å². The first-order chi connectivity index (χ1) is 6.18. The zero-order chi connectivity index (χ0) is 9.42. The van der Waals surface area contributed by atoms with Crippen LogP contribution >= 0.6 is 11.6 Å². The van der Waals surface area contributed by atoms with Gasteiger partial charge in [-0.05, 0) is 12.1 Å². The molecule has 1 aromatic rings. The molecule has 1 aliphatic heterocycles. The number of ether oxygens (including phenoxy) is 1. The number of hydrogen-bond acceptors (Lipinski definition) is 3. The fraction of sp³-hybridized carbons (Fsp3) is 0.222. The molecule has 68 valence electrons. The van der Waals surface area contributed by atoms with Crippen LogP contribution in [0, 0.1) is 0 Å². The summed E-state index contributed by atoms with van der Waals surface area (Å²) < 4.78 is 5.27. The van der Waals surface area contributed by atoms with Gasteiger partial charge in [-0.25, -0.2) is 0 Å². The first-order valence-corrected chi connectivity index (χ1v) is 4.31. The molecular weight excluding hydrogens is 190 g/mol. The summed E-state index contributed by atoms with van der Waals surface area (Å²) in [6, 6.07) is 3.18. The monoisotopic (exact) mass is 197 g/mol. The highest BCUT2D eigenvalue weighted by molar-refractivity contribution is 6.33. The van der Waals surface area contributed by atoms with Gasteiger partial charge in [-0.3, -0.25) is 4.79 Å². The molecular formula is C9H8ClNO2. The van der Waals surface area contributed by atoms with Crippen molar-refractivity contribution in [1.29, 1.82) is 0 Å². The second-order valence-electron chi connectivity index (χ2n) is 2.90. The Hall–Kier alpha value is -1.22. The third kappa shape index (κ3) is 1.35. The van der Waals surface area contributed by atoms with Gasteiger partial charge < -0.3 is 10.5 Å². The summed E-state index contributed by atoms with van der Waals surface area (Å²) in [6.07, 6.45) is 0.396. The topological polar surface area (TPSA) is 52.3 Å². The number of carbonyl (C=O) groups is 1. The Bertz CT molecular complexity index is 376. The second-order valence-corrected chi connectivity index (χ2v) is 3.31. The fourth-order valence-electron chi connectivity index (χ4n) is 1.35. The Kier molecular flexibility index (Phi) is 1.88. The van der Waals surface area contributed by atoms with E-state index in [0.29, 0.717) is 35.1 Å². The van der Waals surface area contributed by atoms with Crippen molar-refractivity contribution in [2.24, 2.45) is 0 Å². The first-order valence-electron chi connectivity index (χ1n) is 3.93. The molecule has 0 saturated heterocycles. The molecule has 13 heavy (non-hydrogen) atoms. The largest absolute Gasteiger partial charge is 0.491 e. The minimum absolute atomic E-state index is 0.0375. The highest BCUT2D eigenvalue weighted by Gasteiger charge is 2.21. The molecule has 1 aromatic carbocycles. The van der Waals surface area contributed by atoms with Crippen molar-refractivity contribution in [3.8, 4) is 5.75 Å². The van der Waals surface area contributed by atoms with Crippen LogP contribution in [0.25, 0.3) is 0 Å². The van der Waals surface area contributed by atoms with Gasteiger partial charge in [0.2, 0.25) is 0 Å². The van der Waals surface area contributed by atoms with E-state index in [-0.39, 0.29) is 5.78 Å². The predicted molar refractivity (Wildman–Crippen MR) is 50.3 cm³/mol. The van der Waals surface area contributed by atoms with Crippen LogP contribution in [-0.4, -0.2) is 12.4 Å². The fourth-order valence-corrected chi connectivity index (χ4v) is 1.63. The van der Waals surface area contributed by atoms with Crippen molar-refractivity contribution in [3.05, 3.63) is 22.7 Å². The highest BCUT2D eigenvalue weighted by atomic mass is 35.5. The molecule has 0 radical (unpaired) electrons. The Morgan fingerprint density at radius 2 is 2.23 bits per heavy atom.